The average Bonchev–Trinajstić information content (AvgIpc) is 2.68. The number of rotatable bonds is 5. The summed E-state index contributed by atoms with van der Waals surface area (Å²) in [6.45, 7) is 8.07. The second-order valence-corrected chi connectivity index (χ2v) is 5.07. The lowest BCUT2D eigenvalue weighted by Crippen LogP contribution is -2.20. The second-order valence-electron chi connectivity index (χ2n) is 5.07. The molecule has 1 aromatic rings. The van der Waals surface area contributed by atoms with Crippen LogP contribution in [-0.2, 0) is 22.5 Å². The number of methoxy groups -OCH3 is 1. The average molecular weight is 255 g/mol. The van der Waals surface area contributed by atoms with Crippen LogP contribution in [0.1, 0.15) is 55.9 Å². The van der Waals surface area contributed by atoms with Gasteiger partial charge in [-0.2, -0.15) is 0 Å². The zero-order chi connectivity index (χ0) is 13.8. The predicted molar refractivity (Wildman–Crippen MR) is 66.4 cm³/mol. The van der Waals surface area contributed by atoms with Crippen LogP contribution in [0.3, 0.4) is 0 Å². The molecule has 0 aliphatic heterocycles. The van der Waals surface area contributed by atoms with Gasteiger partial charge in [0.15, 0.2) is 5.76 Å². The van der Waals surface area contributed by atoms with Crippen LogP contribution < -0.4 is 0 Å². The first-order chi connectivity index (χ1) is 8.39. The summed E-state index contributed by atoms with van der Waals surface area (Å²) in [5.74, 6) is 0.143. The molecule has 0 saturated carbocycles. The molecule has 5 heteroatoms. The van der Waals surface area contributed by atoms with E-state index in [1.54, 1.807) is 0 Å². The highest BCUT2D eigenvalue weighted by Crippen LogP contribution is 2.20. The first kappa shape index (κ1) is 14.7. The van der Waals surface area contributed by atoms with Crippen molar-refractivity contribution in [2.75, 3.05) is 7.11 Å². The molecule has 0 unspecified atom stereocenters. The van der Waals surface area contributed by atoms with Crippen molar-refractivity contribution in [2.45, 2.75) is 52.7 Å². The molecule has 0 radical (unpaired) electrons. The van der Waals surface area contributed by atoms with Crippen LogP contribution in [0.5, 0.6) is 0 Å². The van der Waals surface area contributed by atoms with Crippen molar-refractivity contribution in [3.63, 3.8) is 0 Å². The van der Waals surface area contributed by atoms with Gasteiger partial charge >= 0.3 is 5.97 Å². The molecule has 1 aromatic heterocycles. The first-order valence-electron chi connectivity index (χ1n) is 6.08. The number of carbonyl (C=O) groups is 1. The van der Waals surface area contributed by atoms with Crippen LogP contribution in [0.2, 0.25) is 0 Å². The van der Waals surface area contributed by atoms with Gasteiger partial charge in [0, 0.05) is 6.42 Å². The lowest BCUT2D eigenvalue weighted by atomic mass is 10.1. The van der Waals surface area contributed by atoms with Crippen molar-refractivity contribution in [3.05, 3.63) is 17.0 Å². The molecule has 0 aliphatic carbocycles. The molecule has 0 spiro atoms. The monoisotopic (exact) mass is 255 g/mol. The third kappa shape index (κ3) is 3.84. The van der Waals surface area contributed by atoms with Crippen molar-refractivity contribution < 1.29 is 18.8 Å². The van der Waals surface area contributed by atoms with Crippen molar-refractivity contribution in [3.8, 4) is 0 Å². The highest BCUT2D eigenvalue weighted by molar-refractivity contribution is 5.91. The minimum absolute atomic E-state index is 0.237. The lowest BCUT2D eigenvalue weighted by molar-refractivity contribution is -0.0178. The molecule has 0 aliphatic rings. The van der Waals surface area contributed by atoms with Crippen LogP contribution in [-0.4, -0.2) is 23.8 Å². The molecular formula is C13H21NO4. The fourth-order valence-electron chi connectivity index (χ4n) is 1.48. The Morgan fingerprint density at radius 3 is 2.56 bits per heavy atom. The Bertz CT molecular complexity index is 404. The maximum atomic E-state index is 11.7. The maximum absolute atomic E-state index is 11.7. The van der Waals surface area contributed by atoms with Crippen LogP contribution >= 0.6 is 0 Å². The Kier molecular flexibility index (Phi) is 4.90. The van der Waals surface area contributed by atoms with E-state index in [1.807, 2.05) is 27.7 Å². The SMILES string of the molecule is CCCc1onc(COC(C)(C)C)c1C(=O)OC. The standard InChI is InChI=1S/C13H21NO4/c1-6-7-10-11(12(15)16-5)9(14-18-10)8-17-13(2,3)4/h6-8H2,1-5H3. The number of hydrogen-bond acceptors (Lipinski definition) is 5. The van der Waals surface area contributed by atoms with Gasteiger partial charge in [0.25, 0.3) is 0 Å². The van der Waals surface area contributed by atoms with Crippen LogP contribution in [0, 0.1) is 0 Å². The van der Waals surface area contributed by atoms with E-state index in [1.165, 1.54) is 7.11 Å². The van der Waals surface area contributed by atoms with Crippen molar-refractivity contribution >= 4 is 5.97 Å². The zero-order valence-electron chi connectivity index (χ0n) is 11.7. The molecular weight excluding hydrogens is 234 g/mol. The first-order valence-corrected chi connectivity index (χ1v) is 6.08. The Labute approximate surface area is 107 Å². The van der Waals surface area contributed by atoms with Gasteiger partial charge in [-0.15, -0.1) is 0 Å². The topological polar surface area (TPSA) is 61.6 Å². The predicted octanol–water partition coefficient (Wildman–Crippen LogP) is 2.73. The molecule has 5 nitrogen and oxygen atoms in total. The fourth-order valence-corrected chi connectivity index (χ4v) is 1.48. The molecule has 0 aromatic carbocycles. The minimum Gasteiger partial charge on any atom is -0.465 e. The number of ether oxygens (including phenoxy) is 2. The molecule has 0 bridgehead atoms. The van der Waals surface area contributed by atoms with Crippen LogP contribution in [0.15, 0.2) is 4.52 Å². The van der Waals surface area contributed by atoms with Gasteiger partial charge in [0.2, 0.25) is 0 Å². The highest BCUT2D eigenvalue weighted by atomic mass is 16.5. The van der Waals surface area contributed by atoms with E-state index < -0.39 is 5.97 Å². The lowest BCUT2D eigenvalue weighted by Gasteiger charge is -2.18. The van der Waals surface area contributed by atoms with E-state index in [4.69, 9.17) is 14.0 Å². The summed E-state index contributed by atoms with van der Waals surface area (Å²) in [6, 6.07) is 0. The molecule has 18 heavy (non-hydrogen) atoms. The summed E-state index contributed by atoms with van der Waals surface area (Å²) in [5, 5.41) is 3.91. The Balaban J connectivity index is 2.93. The quantitative estimate of drug-likeness (QED) is 0.757. The smallest absolute Gasteiger partial charge is 0.343 e. The summed E-state index contributed by atoms with van der Waals surface area (Å²) < 4.78 is 15.6. The summed E-state index contributed by atoms with van der Waals surface area (Å²) in [6.07, 6.45) is 1.53. The van der Waals surface area contributed by atoms with Crippen LogP contribution in [0.4, 0.5) is 0 Å². The van der Waals surface area contributed by atoms with Crippen molar-refractivity contribution in [1.82, 2.24) is 5.16 Å². The minimum atomic E-state index is -0.424. The molecule has 1 rings (SSSR count). The van der Waals surface area contributed by atoms with Gasteiger partial charge in [-0.05, 0) is 27.2 Å². The Hall–Kier alpha value is -1.36. The number of aryl methyl sites for hydroxylation is 1. The number of esters is 1. The fraction of sp³-hybridized carbons (Fsp3) is 0.692. The summed E-state index contributed by atoms with van der Waals surface area (Å²) >= 11 is 0. The largest absolute Gasteiger partial charge is 0.465 e. The van der Waals surface area contributed by atoms with Crippen molar-refractivity contribution in [1.29, 1.82) is 0 Å². The molecule has 102 valence electrons. The van der Waals surface area contributed by atoms with E-state index in [-0.39, 0.29) is 12.2 Å². The third-order valence-electron chi connectivity index (χ3n) is 2.34. The van der Waals surface area contributed by atoms with E-state index in [2.05, 4.69) is 5.16 Å². The maximum Gasteiger partial charge on any atom is 0.343 e. The van der Waals surface area contributed by atoms with Crippen LogP contribution in [0.25, 0.3) is 0 Å². The molecule has 1 heterocycles. The number of aromatic nitrogens is 1. The number of hydrogen-bond donors (Lipinski definition) is 0. The molecule has 0 saturated heterocycles. The number of carbonyl (C=O) groups excluding carboxylic acids is 1. The highest BCUT2D eigenvalue weighted by Gasteiger charge is 2.24. The normalized spacial score (nSPS) is 11.6. The number of nitrogens with zero attached hydrogens (tertiary/aromatic N) is 1. The summed E-state index contributed by atoms with van der Waals surface area (Å²) in [4.78, 5) is 11.7. The Morgan fingerprint density at radius 1 is 1.39 bits per heavy atom. The van der Waals surface area contributed by atoms with E-state index >= 15 is 0 Å². The van der Waals surface area contributed by atoms with Gasteiger partial charge < -0.3 is 14.0 Å². The van der Waals surface area contributed by atoms with Gasteiger partial charge in [0.1, 0.15) is 11.3 Å². The third-order valence-corrected chi connectivity index (χ3v) is 2.34. The van der Waals surface area contributed by atoms with Gasteiger partial charge in [0.05, 0.1) is 19.3 Å². The molecule has 0 fully saturated rings. The molecule has 0 atom stereocenters. The zero-order valence-corrected chi connectivity index (χ0v) is 11.7. The second kappa shape index (κ2) is 6.00. The van der Waals surface area contributed by atoms with E-state index in [9.17, 15) is 4.79 Å². The summed E-state index contributed by atoms with van der Waals surface area (Å²) in [7, 11) is 1.35. The van der Waals surface area contributed by atoms with E-state index in [0.29, 0.717) is 23.4 Å². The molecule has 0 amide bonds. The Morgan fingerprint density at radius 2 is 2.06 bits per heavy atom. The van der Waals surface area contributed by atoms with Crippen molar-refractivity contribution in [2.24, 2.45) is 0 Å². The van der Waals surface area contributed by atoms with Gasteiger partial charge in [-0.3, -0.25) is 0 Å². The summed E-state index contributed by atoms with van der Waals surface area (Å²) in [5.41, 5.74) is 0.612. The van der Waals surface area contributed by atoms with E-state index in [0.717, 1.165) is 6.42 Å². The van der Waals surface area contributed by atoms with Gasteiger partial charge in [-0.1, -0.05) is 12.1 Å². The molecule has 0 N–H and O–H groups in total. The van der Waals surface area contributed by atoms with Gasteiger partial charge in [-0.25, -0.2) is 4.79 Å².